The van der Waals surface area contributed by atoms with Crippen molar-refractivity contribution in [1.29, 1.82) is 0 Å². The van der Waals surface area contributed by atoms with Crippen molar-refractivity contribution in [2.24, 2.45) is 0 Å². The molecule has 0 unspecified atom stereocenters. The van der Waals surface area contributed by atoms with Crippen LogP contribution in [0.5, 0.6) is 0 Å². The molecule has 2 aromatic carbocycles. The van der Waals surface area contributed by atoms with Gasteiger partial charge < -0.3 is 0 Å². The predicted molar refractivity (Wildman–Crippen MR) is 129 cm³/mol. The Morgan fingerprint density at radius 2 is 1.94 bits per heavy atom. The highest BCUT2D eigenvalue weighted by Gasteiger charge is 2.26. The highest BCUT2D eigenvalue weighted by atomic mass is 79.9. The normalized spacial score (nSPS) is 17.8. The number of amides is 1. The molecule has 0 radical (unpaired) electrons. The van der Waals surface area contributed by atoms with Crippen LogP contribution in [0, 0.1) is 0 Å². The third-order valence-electron chi connectivity index (χ3n) is 5.10. The molecule has 1 fully saturated rings. The number of aromatic nitrogens is 2. The van der Waals surface area contributed by atoms with E-state index in [0.29, 0.717) is 29.4 Å². The Kier molecular flexibility index (Phi) is 5.25. The number of hydrogen-bond donors (Lipinski definition) is 1. The van der Waals surface area contributed by atoms with Gasteiger partial charge in [-0.3, -0.25) is 10.2 Å². The highest BCUT2D eigenvalue weighted by Crippen LogP contribution is 2.34. The molecule has 0 bridgehead atoms. The van der Waals surface area contributed by atoms with Crippen LogP contribution in [-0.2, 0) is 6.37 Å². The summed E-state index contributed by atoms with van der Waals surface area (Å²) in [6.45, 7) is -1.82. The smallest absolute Gasteiger partial charge is 0.283 e. The second-order valence-corrected chi connectivity index (χ2v) is 8.96. The number of carbonyl (C=O) groups is 1. The van der Waals surface area contributed by atoms with E-state index in [4.69, 9.17) is 30.1 Å². The summed E-state index contributed by atoms with van der Waals surface area (Å²) in [6, 6.07) is 11.5. The van der Waals surface area contributed by atoms with Crippen molar-refractivity contribution in [3.8, 4) is 16.9 Å². The molecular weight excluding hydrogens is 499 g/mol. The zero-order chi connectivity index (χ0) is 26.3. The summed E-state index contributed by atoms with van der Waals surface area (Å²) in [5.74, 6) is -0.692. The van der Waals surface area contributed by atoms with Gasteiger partial charge in [0.05, 0.1) is 16.4 Å². The van der Waals surface area contributed by atoms with E-state index in [1.54, 1.807) is 41.4 Å². The SMILES string of the molecule is [2H]C([2H])([2H])C([2H])([2H])c1c(C(=O)NN2CCCCC2)nn(-c2ccc(Cl)cc2Cl)c1-c1ccc(Br)cc1. The largest absolute Gasteiger partial charge is 0.286 e. The molecule has 8 heteroatoms. The van der Waals surface area contributed by atoms with Crippen molar-refractivity contribution >= 4 is 45.0 Å². The van der Waals surface area contributed by atoms with Crippen LogP contribution in [0.4, 0.5) is 0 Å². The molecule has 31 heavy (non-hydrogen) atoms. The second-order valence-electron chi connectivity index (χ2n) is 7.20. The van der Waals surface area contributed by atoms with Gasteiger partial charge in [-0.1, -0.05) is 64.5 Å². The Morgan fingerprint density at radius 3 is 2.61 bits per heavy atom. The molecule has 4 rings (SSSR count). The Hall–Kier alpha value is -1.86. The maximum absolute atomic E-state index is 13.5. The van der Waals surface area contributed by atoms with Gasteiger partial charge >= 0.3 is 0 Å². The van der Waals surface area contributed by atoms with Crippen molar-refractivity contribution in [3.05, 3.63) is 68.2 Å². The number of carbonyl (C=O) groups excluding carboxylic acids is 1. The minimum atomic E-state index is -3.09. The number of hydrazine groups is 1. The van der Waals surface area contributed by atoms with Crippen molar-refractivity contribution in [3.63, 3.8) is 0 Å². The van der Waals surface area contributed by atoms with Gasteiger partial charge in [-0.15, -0.1) is 0 Å². The van der Waals surface area contributed by atoms with Gasteiger partial charge in [-0.25, -0.2) is 9.69 Å². The van der Waals surface area contributed by atoms with Crippen LogP contribution in [-0.4, -0.2) is 33.8 Å². The molecule has 1 aromatic heterocycles. The summed E-state index contributed by atoms with van der Waals surface area (Å²) in [7, 11) is 0. The quantitative estimate of drug-likeness (QED) is 0.424. The molecule has 1 amide bonds. The zero-order valence-corrected chi connectivity index (χ0v) is 19.6. The number of benzene rings is 2. The third-order valence-corrected chi connectivity index (χ3v) is 6.16. The molecule has 5 nitrogen and oxygen atoms in total. The lowest BCUT2D eigenvalue weighted by Crippen LogP contribution is -2.45. The van der Waals surface area contributed by atoms with Crippen LogP contribution in [0.15, 0.2) is 46.9 Å². The van der Waals surface area contributed by atoms with Crippen LogP contribution >= 0.6 is 39.1 Å². The fraction of sp³-hybridized carbons (Fsp3) is 0.304. The topological polar surface area (TPSA) is 50.2 Å². The lowest BCUT2D eigenvalue weighted by molar-refractivity contribution is 0.0743. The number of hydrogen-bond acceptors (Lipinski definition) is 3. The number of halogens is 3. The maximum Gasteiger partial charge on any atom is 0.286 e. The summed E-state index contributed by atoms with van der Waals surface area (Å²) in [6.07, 6.45) is -0.0534. The maximum atomic E-state index is 13.5. The monoisotopic (exact) mass is 525 g/mol. The first-order valence-corrected chi connectivity index (χ1v) is 11.4. The fourth-order valence-electron chi connectivity index (χ4n) is 3.60. The summed E-state index contributed by atoms with van der Waals surface area (Å²) in [5, 5.41) is 6.79. The van der Waals surface area contributed by atoms with E-state index < -0.39 is 19.1 Å². The van der Waals surface area contributed by atoms with Gasteiger partial charge in [0.2, 0.25) is 0 Å². The standard InChI is InChI=1S/C23H23BrCl2N4O/c1-2-18-21(23(31)28-29-12-4-3-5-13-29)27-30(20-11-10-17(25)14-19(20)26)22(18)15-6-8-16(24)9-7-15/h6-11,14H,2-5,12-13H2,1H3,(H,28,31)/i1D3,2D2. The van der Waals surface area contributed by atoms with Gasteiger partial charge in [0.1, 0.15) is 0 Å². The predicted octanol–water partition coefficient (Wildman–Crippen LogP) is 6.30. The van der Waals surface area contributed by atoms with Crippen LogP contribution in [0.25, 0.3) is 16.9 Å². The van der Waals surface area contributed by atoms with Gasteiger partial charge in [-0.05, 0) is 49.5 Å². The number of piperidine rings is 1. The highest BCUT2D eigenvalue weighted by molar-refractivity contribution is 9.10. The van der Waals surface area contributed by atoms with Crippen molar-refractivity contribution in [2.45, 2.75) is 32.5 Å². The van der Waals surface area contributed by atoms with Crippen LogP contribution in [0.1, 0.15) is 49.0 Å². The van der Waals surface area contributed by atoms with Crippen LogP contribution in [0.3, 0.4) is 0 Å². The number of rotatable bonds is 5. The second kappa shape index (κ2) is 9.74. The molecule has 2 heterocycles. The minimum absolute atomic E-state index is 0.108. The van der Waals surface area contributed by atoms with Gasteiger partial charge in [0.25, 0.3) is 5.91 Å². The van der Waals surface area contributed by atoms with Gasteiger partial charge in [-0.2, -0.15) is 5.10 Å². The Morgan fingerprint density at radius 1 is 1.19 bits per heavy atom. The third kappa shape index (κ3) is 4.82. The number of nitrogens with one attached hydrogen (secondary N) is 1. The summed E-state index contributed by atoms with van der Waals surface area (Å²) in [5.41, 5.74) is 2.99. The molecule has 1 aliphatic rings. The molecule has 0 saturated carbocycles. The summed E-state index contributed by atoms with van der Waals surface area (Å²) >= 11 is 15.9. The summed E-state index contributed by atoms with van der Waals surface area (Å²) in [4.78, 5) is 13.5. The number of nitrogens with zero attached hydrogens (tertiary/aromatic N) is 3. The lowest BCUT2D eigenvalue weighted by atomic mass is 10.0. The average Bonchev–Trinajstić information content (AvgIpc) is 3.21. The van der Waals surface area contributed by atoms with E-state index in [1.807, 2.05) is 0 Å². The van der Waals surface area contributed by atoms with E-state index in [2.05, 4.69) is 26.5 Å². The molecule has 1 saturated heterocycles. The minimum Gasteiger partial charge on any atom is -0.283 e. The van der Waals surface area contributed by atoms with Gasteiger partial charge in [0, 0.05) is 40.6 Å². The molecule has 1 aliphatic heterocycles. The molecule has 3 aromatic rings. The van der Waals surface area contributed by atoms with Crippen molar-refractivity contribution in [1.82, 2.24) is 20.2 Å². The first-order valence-electron chi connectivity index (χ1n) is 12.3. The van der Waals surface area contributed by atoms with E-state index in [0.717, 1.165) is 23.7 Å². The van der Waals surface area contributed by atoms with Crippen molar-refractivity contribution in [2.75, 3.05) is 13.1 Å². The molecule has 1 N–H and O–H groups in total. The first kappa shape index (κ1) is 16.7. The first-order chi connectivity index (χ1) is 16.9. The molecule has 0 atom stereocenters. The molecular formula is C23H23BrCl2N4O. The van der Waals surface area contributed by atoms with Crippen LogP contribution < -0.4 is 5.43 Å². The lowest BCUT2D eigenvalue weighted by Gasteiger charge is -2.26. The van der Waals surface area contributed by atoms with E-state index >= 15 is 0 Å². The van der Waals surface area contributed by atoms with E-state index in [-0.39, 0.29) is 22.0 Å². The molecule has 0 aliphatic carbocycles. The Bertz CT molecular complexity index is 1270. The molecule has 0 spiro atoms. The zero-order valence-electron chi connectivity index (χ0n) is 21.5. The average molecular weight is 527 g/mol. The summed E-state index contributed by atoms with van der Waals surface area (Å²) < 4.78 is 43.3. The van der Waals surface area contributed by atoms with Crippen molar-refractivity contribution < 1.29 is 11.6 Å². The fourth-order valence-corrected chi connectivity index (χ4v) is 4.35. The van der Waals surface area contributed by atoms with Crippen LogP contribution in [0.2, 0.25) is 10.0 Å². The van der Waals surface area contributed by atoms with E-state index in [9.17, 15) is 4.79 Å². The van der Waals surface area contributed by atoms with Gasteiger partial charge in [0.15, 0.2) is 5.69 Å². The Balaban J connectivity index is 2.01. The molecule has 162 valence electrons. The Labute approximate surface area is 207 Å². The van der Waals surface area contributed by atoms with E-state index in [1.165, 1.54) is 10.7 Å².